The molecular weight excluding hydrogens is 379 g/mol. The molecule has 0 radical (unpaired) electrons. The predicted molar refractivity (Wildman–Crippen MR) is 98.6 cm³/mol. The minimum atomic E-state index is -1.08. The number of nitriles is 1. The van der Waals surface area contributed by atoms with E-state index in [4.69, 9.17) is 33.0 Å². The second-order valence-corrected chi connectivity index (χ2v) is 5.84. The molecule has 2 aromatic rings. The lowest BCUT2D eigenvalue weighted by atomic mass is 10.1. The molecule has 2 N–H and O–H groups in total. The fraction of sp³-hybridized carbons (Fsp3) is 0.0556. The van der Waals surface area contributed by atoms with Gasteiger partial charge >= 0.3 is 5.97 Å². The Balaban J connectivity index is 2.24. The molecule has 1 amide bonds. The smallest absolute Gasteiger partial charge is 0.335 e. The first-order valence-corrected chi connectivity index (χ1v) is 7.91. The Morgan fingerprint density at radius 2 is 1.77 bits per heavy atom. The summed E-state index contributed by atoms with van der Waals surface area (Å²) in [4.78, 5) is 23.1. The van der Waals surface area contributed by atoms with Crippen molar-refractivity contribution in [3.63, 3.8) is 0 Å². The zero-order valence-corrected chi connectivity index (χ0v) is 14.9. The number of hydrogen-bond acceptors (Lipinski definition) is 4. The van der Waals surface area contributed by atoms with E-state index >= 15 is 0 Å². The molecule has 8 heteroatoms. The highest BCUT2D eigenvalue weighted by Crippen LogP contribution is 2.34. The average molecular weight is 391 g/mol. The van der Waals surface area contributed by atoms with E-state index in [1.165, 1.54) is 49.6 Å². The van der Waals surface area contributed by atoms with Crippen molar-refractivity contribution < 1.29 is 19.4 Å². The van der Waals surface area contributed by atoms with Crippen LogP contribution in [0.25, 0.3) is 6.08 Å². The van der Waals surface area contributed by atoms with Crippen LogP contribution in [0.5, 0.6) is 5.75 Å². The van der Waals surface area contributed by atoms with Crippen LogP contribution in [-0.4, -0.2) is 24.1 Å². The number of amides is 1. The van der Waals surface area contributed by atoms with E-state index in [-0.39, 0.29) is 21.2 Å². The molecule has 0 unspecified atom stereocenters. The standard InChI is InChI=1S/C18H12Cl2N2O4/c1-26-16-14(19)7-10(8-15(16)20)6-12(9-21)17(23)22-13-4-2-11(3-5-13)18(24)25/h2-8H,1H3,(H,22,23)(H,24,25). The summed E-state index contributed by atoms with van der Waals surface area (Å²) in [5.74, 6) is -1.43. The molecule has 26 heavy (non-hydrogen) atoms. The van der Waals surface area contributed by atoms with Gasteiger partial charge in [0.25, 0.3) is 5.91 Å². The fourth-order valence-corrected chi connectivity index (χ4v) is 2.73. The van der Waals surface area contributed by atoms with E-state index in [0.29, 0.717) is 17.0 Å². The topological polar surface area (TPSA) is 99.4 Å². The molecule has 6 nitrogen and oxygen atoms in total. The van der Waals surface area contributed by atoms with E-state index in [1.807, 2.05) is 0 Å². The highest BCUT2D eigenvalue weighted by molar-refractivity contribution is 6.37. The number of ether oxygens (including phenoxy) is 1. The largest absolute Gasteiger partial charge is 0.494 e. The zero-order valence-electron chi connectivity index (χ0n) is 13.4. The number of carbonyl (C=O) groups excluding carboxylic acids is 1. The van der Waals surface area contributed by atoms with Crippen LogP contribution in [0, 0.1) is 11.3 Å². The van der Waals surface area contributed by atoms with E-state index in [2.05, 4.69) is 5.32 Å². The van der Waals surface area contributed by atoms with Gasteiger partial charge < -0.3 is 15.2 Å². The average Bonchev–Trinajstić information content (AvgIpc) is 2.59. The van der Waals surface area contributed by atoms with Gasteiger partial charge in [0.05, 0.1) is 22.7 Å². The fourth-order valence-electron chi connectivity index (χ4n) is 2.07. The molecule has 0 bridgehead atoms. The monoisotopic (exact) mass is 390 g/mol. The number of aromatic carboxylic acids is 1. The third-order valence-electron chi connectivity index (χ3n) is 3.29. The maximum absolute atomic E-state index is 12.3. The molecule has 0 saturated carbocycles. The van der Waals surface area contributed by atoms with Crippen LogP contribution in [0.3, 0.4) is 0 Å². The Morgan fingerprint density at radius 3 is 2.23 bits per heavy atom. The third-order valence-corrected chi connectivity index (χ3v) is 3.85. The molecular formula is C18H12Cl2N2O4. The third kappa shape index (κ3) is 4.54. The van der Waals surface area contributed by atoms with Crippen LogP contribution in [0.15, 0.2) is 42.0 Å². The first kappa shape index (κ1) is 19.3. The minimum absolute atomic E-state index is 0.0848. The number of rotatable bonds is 5. The van der Waals surface area contributed by atoms with Gasteiger partial charge in [-0.2, -0.15) is 5.26 Å². The number of methoxy groups -OCH3 is 1. The van der Waals surface area contributed by atoms with Crippen molar-refractivity contribution in [1.29, 1.82) is 5.26 Å². The van der Waals surface area contributed by atoms with Crippen LogP contribution in [0.1, 0.15) is 15.9 Å². The maximum Gasteiger partial charge on any atom is 0.335 e. The van der Waals surface area contributed by atoms with Crippen molar-refractivity contribution in [2.45, 2.75) is 0 Å². The number of halogens is 2. The molecule has 0 aromatic heterocycles. The maximum atomic E-state index is 12.3. The summed E-state index contributed by atoms with van der Waals surface area (Å²) in [6.07, 6.45) is 1.33. The molecule has 132 valence electrons. The van der Waals surface area contributed by atoms with E-state index in [1.54, 1.807) is 6.07 Å². The van der Waals surface area contributed by atoms with Gasteiger partial charge in [0.2, 0.25) is 0 Å². The van der Waals surface area contributed by atoms with E-state index < -0.39 is 11.9 Å². The lowest BCUT2D eigenvalue weighted by Gasteiger charge is -2.07. The number of benzene rings is 2. The molecule has 2 rings (SSSR count). The van der Waals surface area contributed by atoms with Crippen molar-refractivity contribution in [2.24, 2.45) is 0 Å². The molecule has 2 aromatic carbocycles. The first-order valence-electron chi connectivity index (χ1n) is 7.15. The van der Waals surface area contributed by atoms with Gasteiger partial charge in [0.1, 0.15) is 11.6 Å². The Bertz CT molecular complexity index is 908. The summed E-state index contributed by atoms with van der Waals surface area (Å²) in [6.45, 7) is 0. The van der Waals surface area contributed by atoms with Crippen molar-refractivity contribution in [3.8, 4) is 11.8 Å². The van der Waals surface area contributed by atoms with Crippen molar-refractivity contribution in [1.82, 2.24) is 0 Å². The van der Waals surface area contributed by atoms with Crippen molar-refractivity contribution >= 4 is 46.8 Å². The summed E-state index contributed by atoms with van der Waals surface area (Å²) in [5, 5.41) is 21.1. The Morgan fingerprint density at radius 1 is 1.19 bits per heavy atom. The summed E-state index contributed by atoms with van der Waals surface area (Å²) in [5.41, 5.74) is 0.715. The number of nitrogens with one attached hydrogen (secondary N) is 1. The van der Waals surface area contributed by atoms with Gasteiger partial charge in [-0.25, -0.2) is 4.79 Å². The number of carbonyl (C=O) groups is 2. The van der Waals surface area contributed by atoms with Crippen molar-refractivity contribution in [3.05, 3.63) is 63.1 Å². The van der Waals surface area contributed by atoms with Gasteiger partial charge in [-0.3, -0.25) is 4.79 Å². The number of nitrogens with zero attached hydrogens (tertiary/aromatic N) is 1. The number of anilines is 1. The van der Waals surface area contributed by atoms with Crippen LogP contribution >= 0.6 is 23.2 Å². The summed E-state index contributed by atoms with van der Waals surface area (Å²) >= 11 is 12.1. The summed E-state index contributed by atoms with van der Waals surface area (Å²) < 4.78 is 5.04. The molecule has 0 heterocycles. The lowest BCUT2D eigenvalue weighted by Crippen LogP contribution is -2.13. The van der Waals surface area contributed by atoms with Crippen LogP contribution < -0.4 is 10.1 Å². The van der Waals surface area contributed by atoms with Gasteiger partial charge in [0, 0.05) is 5.69 Å². The summed E-state index contributed by atoms with van der Waals surface area (Å²) in [7, 11) is 1.42. The van der Waals surface area contributed by atoms with E-state index in [9.17, 15) is 14.9 Å². The molecule has 0 atom stereocenters. The summed E-state index contributed by atoms with van der Waals surface area (Å²) in [6, 6.07) is 10.4. The first-order chi connectivity index (χ1) is 12.3. The van der Waals surface area contributed by atoms with Crippen molar-refractivity contribution in [2.75, 3.05) is 12.4 Å². The Hall–Kier alpha value is -3.01. The van der Waals surface area contributed by atoms with Gasteiger partial charge in [-0.15, -0.1) is 0 Å². The molecule has 0 saturated heterocycles. The SMILES string of the molecule is COc1c(Cl)cc(C=C(C#N)C(=O)Nc2ccc(C(=O)O)cc2)cc1Cl. The highest BCUT2D eigenvalue weighted by Gasteiger charge is 2.13. The molecule has 0 aliphatic rings. The minimum Gasteiger partial charge on any atom is -0.494 e. The molecule has 0 aliphatic carbocycles. The number of carboxylic acids is 1. The molecule has 0 spiro atoms. The predicted octanol–water partition coefficient (Wildman–Crippen LogP) is 4.25. The van der Waals surface area contributed by atoms with Crippen LogP contribution in [0.4, 0.5) is 5.69 Å². The van der Waals surface area contributed by atoms with Gasteiger partial charge in [-0.05, 0) is 48.0 Å². The van der Waals surface area contributed by atoms with E-state index in [0.717, 1.165) is 0 Å². The van der Waals surface area contributed by atoms with Crippen LogP contribution in [0.2, 0.25) is 10.0 Å². The normalized spacial score (nSPS) is 10.8. The second kappa shape index (κ2) is 8.39. The van der Waals surface area contributed by atoms with Crippen LogP contribution in [-0.2, 0) is 4.79 Å². The van der Waals surface area contributed by atoms with Gasteiger partial charge in [-0.1, -0.05) is 23.2 Å². The molecule has 0 aliphatic heterocycles. The second-order valence-electron chi connectivity index (χ2n) is 5.02. The number of carboxylic acid groups (broad SMARTS) is 1. The highest BCUT2D eigenvalue weighted by atomic mass is 35.5. The lowest BCUT2D eigenvalue weighted by molar-refractivity contribution is -0.112. The number of hydrogen-bond donors (Lipinski definition) is 2. The quantitative estimate of drug-likeness (QED) is 0.587. The molecule has 0 fully saturated rings. The Labute approximate surface area is 159 Å². The Kier molecular flexibility index (Phi) is 6.23. The zero-order chi connectivity index (χ0) is 19.3. The van der Waals surface area contributed by atoms with Gasteiger partial charge in [0.15, 0.2) is 5.75 Å².